The average Bonchev–Trinajstić information content (AvgIpc) is 2.77. The lowest BCUT2D eigenvalue weighted by molar-refractivity contribution is -0.387. The van der Waals surface area contributed by atoms with E-state index in [0.29, 0.717) is 11.1 Å². The molecular formula is C22H21FN2O4S. The zero-order valence-electron chi connectivity index (χ0n) is 16.1. The number of alkyl halides is 1. The summed E-state index contributed by atoms with van der Waals surface area (Å²) in [5.74, 6) is 0. The molecule has 1 atom stereocenters. The van der Waals surface area contributed by atoms with Gasteiger partial charge < -0.3 is 0 Å². The van der Waals surface area contributed by atoms with E-state index in [4.69, 9.17) is 0 Å². The van der Waals surface area contributed by atoms with Gasteiger partial charge >= 0.3 is 0 Å². The SMILES string of the molecule is O=[N+]([O-])c1ccccc1S(=O)(=O)N(CC[C@@H](F)c1ccccc1)Cc1ccccc1. The largest absolute Gasteiger partial charge is 0.289 e. The number of nitro groups is 1. The molecule has 3 rings (SSSR count). The molecule has 30 heavy (non-hydrogen) atoms. The standard InChI is InChI=1S/C22H21FN2O4S/c23-20(19-11-5-2-6-12-19)15-16-24(17-18-9-3-1-4-10-18)30(28,29)22-14-8-7-13-21(22)25(26)27/h1-14,20H,15-17H2/t20-/m1/s1. The van der Waals surface area contributed by atoms with Crippen molar-refractivity contribution in [3.63, 3.8) is 0 Å². The lowest BCUT2D eigenvalue weighted by atomic mass is 10.1. The van der Waals surface area contributed by atoms with Crippen LogP contribution in [0.1, 0.15) is 23.7 Å². The molecule has 0 radical (unpaired) electrons. The molecule has 0 saturated heterocycles. The molecule has 0 spiro atoms. The molecule has 0 aliphatic rings. The van der Waals surface area contributed by atoms with Gasteiger partial charge in [-0.25, -0.2) is 12.8 Å². The summed E-state index contributed by atoms with van der Waals surface area (Å²) in [6.45, 7) is -0.143. The number of para-hydroxylation sites is 1. The van der Waals surface area contributed by atoms with E-state index in [1.165, 1.54) is 18.2 Å². The van der Waals surface area contributed by atoms with Crippen molar-refractivity contribution in [2.24, 2.45) is 0 Å². The predicted octanol–water partition coefficient (Wildman–Crippen LogP) is 4.89. The minimum Gasteiger partial charge on any atom is -0.258 e. The van der Waals surface area contributed by atoms with Crippen LogP contribution in [0, 0.1) is 10.1 Å². The molecule has 3 aromatic carbocycles. The van der Waals surface area contributed by atoms with E-state index < -0.39 is 31.7 Å². The van der Waals surface area contributed by atoms with Crippen molar-refractivity contribution in [1.29, 1.82) is 0 Å². The second-order valence-electron chi connectivity index (χ2n) is 6.72. The van der Waals surface area contributed by atoms with Crippen LogP contribution in [0.3, 0.4) is 0 Å². The Morgan fingerprint density at radius 3 is 2.10 bits per heavy atom. The third-order valence-electron chi connectivity index (χ3n) is 4.67. The summed E-state index contributed by atoms with van der Waals surface area (Å²) in [6, 6.07) is 22.5. The molecule has 0 bridgehead atoms. The summed E-state index contributed by atoms with van der Waals surface area (Å²) in [7, 11) is -4.23. The number of hydrogen-bond acceptors (Lipinski definition) is 4. The zero-order valence-corrected chi connectivity index (χ0v) is 16.9. The van der Waals surface area contributed by atoms with Crippen molar-refractivity contribution in [2.75, 3.05) is 6.54 Å². The second kappa shape index (κ2) is 9.60. The van der Waals surface area contributed by atoms with Crippen LogP contribution in [-0.2, 0) is 16.6 Å². The Morgan fingerprint density at radius 1 is 0.900 bits per heavy atom. The molecular weight excluding hydrogens is 407 g/mol. The van der Waals surface area contributed by atoms with E-state index in [-0.39, 0.29) is 19.5 Å². The molecule has 0 aromatic heterocycles. The van der Waals surface area contributed by atoms with Crippen molar-refractivity contribution in [2.45, 2.75) is 24.0 Å². The van der Waals surface area contributed by atoms with E-state index in [9.17, 15) is 22.9 Å². The van der Waals surface area contributed by atoms with Crippen LogP contribution >= 0.6 is 0 Å². The Bertz CT molecular complexity index is 1090. The van der Waals surface area contributed by atoms with Crippen molar-refractivity contribution >= 4 is 15.7 Å². The first kappa shape index (κ1) is 21.6. The third-order valence-corrected chi connectivity index (χ3v) is 6.57. The summed E-state index contributed by atoms with van der Waals surface area (Å²) in [5, 5.41) is 11.4. The van der Waals surface area contributed by atoms with Gasteiger partial charge in [0, 0.05) is 19.2 Å². The molecule has 6 nitrogen and oxygen atoms in total. The summed E-state index contributed by atoms with van der Waals surface area (Å²) in [5.41, 5.74) is 0.658. The number of halogens is 1. The van der Waals surface area contributed by atoms with E-state index in [1.54, 1.807) is 60.7 Å². The van der Waals surface area contributed by atoms with Gasteiger partial charge in [0.2, 0.25) is 10.0 Å². The van der Waals surface area contributed by atoms with Crippen LogP contribution in [0.15, 0.2) is 89.8 Å². The summed E-state index contributed by atoms with van der Waals surface area (Å²) < 4.78 is 42.4. The number of nitro benzene ring substituents is 1. The summed E-state index contributed by atoms with van der Waals surface area (Å²) >= 11 is 0. The molecule has 8 heteroatoms. The van der Waals surface area contributed by atoms with Crippen molar-refractivity contribution < 1.29 is 17.7 Å². The molecule has 0 saturated carbocycles. The predicted molar refractivity (Wildman–Crippen MR) is 112 cm³/mol. The molecule has 0 aliphatic carbocycles. The Labute approximate surface area is 174 Å². The highest BCUT2D eigenvalue weighted by Crippen LogP contribution is 2.29. The van der Waals surface area contributed by atoms with Crippen LogP contribution in [0.2, 0.25) is 0 Å². The lowest BCUT2D eigenvalue weighted by Gasteiger charge is -2.23. The highest BCUT2D eigenvalue weighted by Gasteiger charge is 2.32. The van der Waals surface area contributed by atoms with Crippen molar-refractivity contribution in [3.05, 3.63) is 106 Å². The van der Waals surface area contributed by atoms with Gasteiger partial charge in [-0.15, -0.1) is 0 Å². The lowest BCUT2D eigenvalue weighted by Crippen LogP contribution is -2.32. The Balaban J connectivity index is 1.92. The molecule has 0 heterocycles. The topological polar surface area (TPSA) is 80.5 Å². The number of sulfonamides is 1. The van der Waals surface area contributed by atoms with E-state index in [0.717, 1.165) is 10.4 Å². The van der Waals surface area contributed by atoms with Crippen molar-refractivity contribution in [1.82, 2.24) is 4.31 Å². The van der Waals surface area contributed by atoms with Crippen LogP contribution in [0.5, 0.6) is 0 Å². The first-order valence-corrected chi connectivity index (χ1v) is 10.8. The van der Waals surface area contributed by atoms with Gasteiger partial charge in [-0.2, -0.15) is 4.31 Å². The van der Waals surface area contributed by atoms with Crippen LogP contribution < -0.4 is 0 Å². The number of benzene rings is 3. The van der Waals surface area contributed by atoms with Crippen LogP contribution in [0.4, 0.5) is 10.1 Å². The smallest absolute Gasteiger partial charge is 0.258 e. The Hall–Kier alpha value is -3.10. The highest BCUT2D eigenvalue weighted by molar-refractivity contribution is 7.89. The molecule has 0 unspecified atom stereocenters. The summed E-state index contributed by atoms with van der Waals surface area (Å²) in [6.07, 6.45) is -1.43. The van der Waals surface area contributed by atoms with Gasteiger partial charge in [0.25, 0.3) is 5.69 Å². The van der Waals surface area contributed by atoms with Gasteiger partial charge in [-0.3, -0.25) is 10.1 Å². The second-order valence-corrected chi connectivity index (χ2v) is 8.62. The van der Waals surface area contributed by atoms with Gasteiger partial charge in [0.15, 0.2) is 4.90 Å². The monoisotopic (exact) mass is 428 g/mol. The minimum absolute atomic E-state index is 0.0171. The fourth-order valence-electron chi connectivity index (χ4n) is 3.12. The molecule has 0 amide bonds. The van der Waals surface area contributed by atoms with E-state index in [1.807, 2.05) is 0 Å². The van der Waals surface area contributed by atoms with Gasteiger partial charge in [0.05, 0.1) is 4.92 Å². The van der Waals surface area contributed by atoms with Gasteiger partial charge in [0.1, 0.15) is 6.17 Å². The van der Waals surface area contributed by atoms with E-state index in [2.05, 4.69) is 0 Å². The third kappa shape index (κ3) is 5.08. The zero-order chi connectivity index (χ0) is 21.6. The van der Waals surface area contributed by atoms with E-state index >= 15 is 0 Å². The minimum atomic E-state index is -4.23. The van der Waals surface area contributed by atoms with Gasteiger partial charge in [-0.05, 0) is 23.6 Å². The average molecular weight is 428 g/mol. The highest BCUT2D eigenvalue weighted by atomic mass is 32.2. The maximum Gasteiger partial charge on any atom is 0.289 e. The van der Waals surface area contributed by atoms with Crippen LogP contribution in [-0.4, -0.2) is 24.2 Å². The number of nitrogens with zero attached hydrogens (tertiary/aromatic N) is 2. The Morgan fingerprint density at radius 2 is 1.47 bits per heavy atom. The van der Waals surface area contributed by atoms with Crippen molar-refractivity contribution in [3.8, 4) is 0 Å². The first-order valence-electron chi connectivity index (χ1n) is 9.36. The Kier molecular flexibility index (Phi) is 6.91. The molecule has 0 aliphatic heterocycles. The fourth-order valence-corrected chi connectivity index (χ4v) is 4.72. The maximum atomic E-state index is 14.7. The van der Waals surface area contributed by atoms with Crippen LogP contribution in [0.25, 0.3) is 0 Å². The molecule has 0 fully saturated rings. The quantitative estimate of drug-likeness (QED) is 0.359. The first-order chi connectivity index (χ1) is 14.4. The molecule has 0 N–H and O–H groups in total. The molecule has 3 aromatic rings. The maximum absolute atomic E-state index is 14.7. The fraction of sp³-hybridized carbons (Fsp3) is 0.182. The molecule has 156 valence electrons. The van der Waals surface area contributed by atoms with Gasteiger partial charge in [-0.1, -0.05) is 72.8 Å². The number of rotatable bonds is 9. The normalized spacial score (nSPS) is 12.6. The number of hydrogen-bond donors (Lipinski definition) is 0. The summed E-state index contributed by atoms with van der Waals surface area (Å²) in [4.78, 5) is 10.2.